The highest BCUT2D eigenvalue weighted by molar-refractivity contribution is 7.99. The third-order valence-corrected chi connectivity index (χ3v) is 8.38. The zero-order valence-electron chi connectivity index (χ0n) is 15.9. The van der Waals surface area contributed by atoms with E-state index in [0.717, 1.165) is 71.1 Å². The molecule has 2 aliphatic carbocycles. The molecule has 0 amide bonds. The van der Waals surface area contributed by atoms with Crippen LogP contribution in [0.1, 0.15) is 74.8 Å². The van der Waals surface area contributed by atoms with E-state index in [0.29, 0.717) is 6.04 Å². The van der Waals surface area contributed by atoms with Crippen LogP contribution in [0.5, 0.6) is 0 Å². The van der Waals surface area contributed by atoms with Crippen LogP contribution in [0, 0.1) is 0 Å². The molecule has 5 rings (SSSR count). The molecule has 0 unspecified atom stereocenters. The van der Waals surface area contributed by atoms with Crippen LogP contribution in [0.25, 0.3) is 16.1 Å². The summed E-state index contributed by atoms with van der Waals surface area (Å²) in [6.45, 7) is 2.19. The molecule has 1 fully saturated rings. The summed E-state index contributed by atoms with van der Waals surface area (Å²) < 4.78 is 4.45. The second kappa shape index (κ2) is 7.24. The summed E-state index contributed by atoms with van der Waals surface area (Å²) in [5, 5.41) is 10.0. The normalized spacial score (nSPS) is 18.4. The van der Waals surface area contributed by atoms with E-state index in [1.54, 1.807) is 11.8 Å². The maximum atomic E-state index is 13.5. The van der Waals surface area contributed by atoms with Crippen molar-refractivity contribution >= 4 is 39.2 Å². The molecular weight excluding hydrogens is 376 g/mol. The Hall–Kier alpha value is -1.34. The maximum Gasteiger partial charge on any atom is 0.238 e. The molecule has 3 heterocycles. The van der Waals surface area contributed by atoms with E-state index in [9.17, 15) is 4.79 Å². The van der Waals surface area contributed by atoms with Crippen molar-refractivity contribution in [2.75, 3.05) is 5.75 Å². The van der Waals surface area contributed by atoms with Crippen LogP contribution in [-0.2, 0) is 12.8 Å². The zero-order valence-corrected chi connectivity index (χ0v) is 17.5. The van der Waals surface area contributed by atoms with Gasteiger partial charge >= 0.3 is 0 Å². The Morgan fingerprint density at radius 3 is 2.74 bits per heavy atom. The molecule has 0 radical (unpaired) electrons. The summed E-state index contributed by atoms with van der Waals surface area (Å²) in [5.41, 5.74) is 2.24. The van der Waals surface area contributed by atoms with Crippen molar-refractivity contribution < 1.29 is 0 Å². The fraction of sp³-hybridized carbons (Fsp3) is 0.650. The fourth-order valence-corrected chi connectivity index (χ4v) is 6.86. The molecule has 7 heteroatoms. The van der Waals surface area contributed by atoms with E-state index in [-0.39, 0.29) is 5.43 Å². The molecule has 0 atom stereocenters. The topological polar surface area (TPSA) is 52.2 Å². The van der Waals surface area contributed by atoms with Crippen LogP contribution >= 0.6 is 23.1 Å². The van der Waals surface area contributed by atoms with Gasteiger partial charge in [-0.05, 0) is 44.9 Å². The van der Waals surface area contributed by atoms with Crippen LogP contribution in [0.3, 0.4) is 0 Å². The van der Waals surface area contributed by atoms with Gasteiger partial charge in [-0.3, -0.25) is 4.79 Å². The van der Waals surface area contributed by atoms with Gasteiger partial charge in [-0.1, -0.05) is 37.9 Å². The van der Waals surface area contributed by atoms with Crippen molar-refractivity contribution in [3.63, 3.8) is 0 Å². The largest absolute Gasteiger partial charge is 0.301 e. The van der Waals surface area contributed by atoms with E-state index in [2.05, 4.69) is 26.1 Å². The summed E-state index contributed by atoms with van der Waals surface area (Å²) in [5.74, 6) is 1.91. The van der Waals surface area contributed by atoms with Crippen LogP contribution in [0.2, 0.25) is 0 Å². The molecule has 0 aliphatic heterocycles. The van der Waals surface area contributed by atoms with Gasteiger partial charge in [0.1, 0.15) is 10.3 Å². The second-order valence-electron chi connectivity index (χ2n) is 7.82. The number of aromatic nitrogens is 4. The Labute approximate surface area is 167 Å². The van der Waals surface area contributed by atoms with Gasteiger partial charge in [0.05, 0.1) is 0 Å². The highest BCUT2D eigenvalue weighted by atomic mass is 32.2. The number of hydrogen-bond donors (Lipinski definition) is 0. The quantitative estimate of drug-likeness (QED) is 0.577. The fourth-order valence-electron chi connectivity index (χ4n) is 4.67. The number of nitrogens with zero attached hydrogens (tertiary/aromatic N) is 4. The van der Waals surface area contributed by atoms with Crippen LogP contribution in [0.15, 0.2) is 9.95 Å². The molecule has 0 N–H and O–H groups in total. The van der Waals surface area contributed by atoms with Gasteiger partial charge in [-0.15, -0.1) is 21.5 Å². The lowest BCUT2D eigenvalue weighted by Crippen LogP contribution is -2.20. The minimum atomic E-state index is 0.265. The van der Waals surface area contributed by atoms with Gasteiger partial charge in [0.25, 0.3) is 0 Å². The number of rotatable bonds is 4. The van der Waals surface area contributed by atoms with Crippen molar-refractivity contribution in [2.24, 2.45) is 0 Å². The van der Waals surface area contributed by atoms with Crippen LogP contribution in [-0.4, -0.2) is 24.9 Å². The summed E-state index contributed by atoms with van der Waals surface area (Å²) >= 11 is 3.57. The van der Waals surface area contributed by atoms with Gasteiger partial charge in [-0.2, -0.15) is 0 Å². The van der Waals surface area contributed by atoms with Gasteiger partial charge < -0.3 is 4.57 Å². The van der Waals surface area contributed by atoms with Crippen molar-refractivity contribution in [1.29, 1.82) is 0 Å². The smallest absolute Gasteiger partial charge is 0.238 e. The molecule has 3 aromatic rings. The number of hydrogen-bond acceptors (Lipinski definition) is 5. The van der Waals surface area contributed by atoms with E-state index >= 15 is 0 Å². The van der Waals surface area contributed by atoms with Gasteiger partial charge in [-0.25, -0.2) is 4.40 Å². The number of thioether (sulfide) groups is 1. The van der Waals surface area contributed by atoms with E-state index in [1.807, 2.05) is 11.3 Å². The molecular formula is C20H26N4OS2. The van der Waals surface area contributed by atoms with Gasteiger partial charge in [0, 0.05) is 22.2 Å². The van der Waals surface area contributed by atoms with E-state index < -0.39 is 0 Å². The molecule has 2 aliphatic rings. The lowest BCUT2D eigenvalue weighted by atomic mass is 9.95. The van der Waals surface area contributed by atoms with Crippen molar-refractivity contribution in [3.8, 4) is 0 Å². The predicted octanol–water partition coefficient (Wildman–Crippen LogP) is 4.99. The first-order valence-electron chi connectivity index (χ1n) is 10.4. The number of imidazole rings is 1. The molecule has 144 valence electrons. The Balaban J connectivity index is 1.82. The zero-order chi connectivity index (χ0) is 18.4. The second-order valence-corrected chi connectivity index (χ2v) is 9.97. The lowest BCUT2D eigenvalue weighted by molar-refractivity contribution is 0.364. The molecule has 1 saturated carbocycles. The highest BCUT2D eigenvalue weighted by Gasteiger charge is 2.28. The molecule has 3 aromatic heterocycles. The van der Waals surface area contributed by atoms with E-state index in [4.69, 9.17) is 0 Å². The van der Waals surface area contributed by atoms with Gasteiger partial charge in [0.2, 0.25) is 11.2 Å². The number of fused-ring (bicyclic) bond motifs is 4. The van der Waals surface area contributed by atoms with Crippen molar-refractivity contribution in [3.05, 3.63) is 20.7 Å². The SMILES string of the molecule is CCCSc1nnc2n(C3CCCCC3)c3c(=O)c4c(sc3n12)CCCC4. The summed E-state index contributed by atoms with van der Waals surface area (Å²) in [6.07, 6.45) is 11.5. The first-order valence-corrected chi connectivity index (χ1v) is 12.2. The minimum absolute atomic E-state index is 0.265. The Kier molecular flexibility index (Phi) is 4.76. The summed E-state index contributed by atoms with van der Waals surface area (Å²) in [4.78, 5) is 15.9. The standard InChI is InChI=1S/C20H26N4OS2/c1-2-12-26-20-22-21-19-23(13-8-4-3-5-9-13)16-17(25)14-10-6-7-11-15(14)27-18(16)24(19)20/h13H,2-12H2,1H3. The average molecular weight is 403 g/mol. The monoisotopic (exact) mass is 402 g/mol. The van der Waals surface area contributed by atoms with Gasteiger partial charge in [0.15, 0.2) is 5.16 Å². The number of aryl methyl sites for hydroxylation is 1. The Morgan fingerprint density at radius 2 is 1.93 bits per heavy atom. The molecule has 0 aromatic carbocycles. The first kappa shape index (κ1) is 17.7. The average Bonchev–Trinajstić information content (AvgIpc) is 3.26. The maximum absolute atomic E-state index is 13.5. The molecule has 0 bridgehead atoms. The molecule has 27 heavy (non-hydrogen) atoms. The molecule has 0 saturated heterocycles. The van der Waals surface area contributed by atoms with E-state index in [1.165, 1.54) is 30.6 Å². The highest BCUT2D eigenvalue weighted by Crippen LogP contribution is 2.37. The lowest BCUT2D eigenvalue weighted by Gasteiger charge is -2.24. The summed E-state index contributed by atoms with van der Waals surface area (Å²) in [6, 6.07) is 0.383. The van der Waals surface area contributed by atoms with Crippen molar-refractivity contribution in [1.82, 2.24) is 19.2 Å². The van der Waals surface area contributed by atoms with Crippen molar-refractivity contribution in [2.45, 2.75) is 82.3 Å². The predicted molar refractivity (Wildman–Crippen MR) is 112 cm³/mol. The van der Waals surface area contributed by atoms with Crippen LogP contribution in [0.4, 0.5) is 0 Å². The third kappa shape index (κ3) is 2.85. The Bertz CT molecular complexity index is 1040. The molecule has 0 spiro atoms. The minimum Gasteiger partial charge on any atom is -0.301 e. The molecule has 5 nitrogen and oxygen atoms in total. The third-order valence-electron chi connectivity index (χ3n) is 5.98. The Morgan fingerprint density at radius 1 is 1.11 bits per heavy atom. The van der Waals surface area contributed by atoms with Crippen LogP contribution < -0.4 is 5.43 Å². The summed E-state index contributed by atoms with van der Waals surface area (Å²) in [7, 11) is 0. The first-order chi connectivity index (χ1) is 13.3.